The standard InChI is InChI=1S/C29H32N8O2S/c30-18-20-3-5-21(6-4-20)27-19-32-29-26(17-28(35-37(27)29)34-24-9-7-22(31)8-10-24)33-23-11-13-25(14-12-23)40(38,39)36-15-1-2-16-36/h3-6,11-14,17,19,22,24,33H,1-2,7-10,15-16,31H2,(H,34,35). The summed E-state index contributed by atoms with van der Waals surface area (Å²) in [7, 11) is -3.48. The van der Waals surface area contributed by atoms with Gasteiger partial charge in [-0.05, 0) is 74.9 Å². The highest BCUT2D eigenvalue weighted by Gasteiger charge is 2.27. The summed E-state index contributed by atoms with van der Waals surface area (Å²) >= 11 is 0. The van der Waals surface area contributed by atoms with Gasteiger partial charge in [0.1, 0.15) is 5.82 Å². The number of sulfonamides is 1. The van der Waals surface area contributed by atoms with Gasteiger partial charge >= 0.3 is 0 Å². The van der Waals surface area contributed by atoms with Crippen molar-refractivity contribution >= 4 is 32.9 Å². The lowest BCUT2D eigenvalue weighted by Crippen LogP contribution is -2.33. The summed E-state index contributed by atoms with van der Waals surface area (Å²) in [6, 6.07) is 18.8. The summed E-state index contributed by atoms with van der Waals surface area (Å²) in [6.45, 7) is 1.14. The van der Waals surface area contributed by atoms with Crippen molar-refractivity contribution in [1.29, 1.82) is 5.26 Å². The summed E-state index contributed by atoms with van der Waals surface area (Å²) < 4.78 is 29.3. The average molecular weight is 557 g/mol. The van der Waals surface area contributed by atoms with Crippen molar-refractivity contribution in [2.45, 2.75) is 55.5 Å². The summed E-state index contributed by atoms with van der Waals surface area (Å²) in [5.41, 5.74) is 10.5. The summed E-state index contributed by atoms with van der Waals surface area (Å²) in [5, 5.41) is 21.1. The van der Waals surface area contributed by atoms with E-state index in [4.69, 9.17) is 10.8 Å². The number of benzene rings is 2. The first-order valence-electron chi connectivity index (χ1n) is 13.7. The Kier molecular flexibility index (Phi) is 7.14. The molecule has 1 aliphatic carbocycles. The highest BCUT2D eigenvalue weighted by molar-refractivity contribution is 7.89. The maximum Gasteiger partial charge on any atom is 0.243 e. The van der Waals surface area contributed by atoms with Gasteiger partial charge in [-0.25, -0.2) is 17.9 Å². The molecule has 0 atom stereocenters. The molecule has 1 aliphatic heterocycles. The van der Waals surface area contributed by atoms with Crippen LogP contribution in [0, 0.1) is 11.3 Å². The minimum Gasteiger partial charge on any atom is -0.366 e. The van der Waals surface area contributed by atoms with Crippen LogP contribution < -0.4 is 16.4 Å². The molecule has 2 aliphatic rings. The number of hydrogen-bond donors (Lipinski definition) is 3. The maximum absolute atomic E-state index is 13.0. The van der Waals surface area contributed by atoms with Crippen LogP contribution in [-0.2, 0) is 10.0 Å². The Labute approximate surface area is 233 Å². The lowest BCUT2D eigenvalue weighted by Gasteiger charge is -2.27. The van der Waals surface area contributed by atoms with Gasteiger partial charge in [0.25, 0.3) is 0 Å². The van der Waals surface area contributed by atoms with Crippen LogP contribution in [0.2, 0.25) is 0 Å². The van der Waals surface area contributed by atoms with E-state index < -0.39 is 10.0 Å². The van der Waals surface area contributed by atoms with Gasteiger partial charge in [-0.3, -0.25) is 0 Å². The molecule has 4 aromatic rings. The molecule has 40 heavy (non-hydrogen) atoms. The number of anilines is 3. The number of nitrogens with one attached hydrogen (secondary N) is 2. The minimum atomic E-state index is -3.48. The largest absolute Gasteiger partial charge is 0.366 e. The van der Waals surface area contributed by atoms with Crippen molar-refractivity contribution in [2.75, 3.05) is 23.7 Å². The van der Waals surface area contributed by atoms with Crippen LogP contribution in [0.1, 0.15) is 44.1 Å². The number of aromatic nitrogens is 3. The fraction of sp³-hybridized carbons (Fsp3) is 0.345. The van der Waals surface area contributed by atoms with E-state index in [1.54, 1.807) is 51.4 Å². The predicted octanol–water partition coefficient (Wildman–Crippen LogP) is 4.48. The smallest absolute Gasteiger partial charge is 0.243 e. The zero-order chi connectivity index (χ0) is 27.7. The molecule has 3 heterocycles. The number of nitriles is 1. The summed E-state index contributed by atoms with van der Waals surface area (Å²) in [5.74, 6) is 0.705. The number of fused-ring (bicyclic) bond motifs is 1. The summed E-state index contributed by atoms with van der Waals surface area (Å²) in [4.78, 5) is 4.96. The molecule has 206 valence electrons. The van der Waals surface area contributed by atoms with Gasteiger partial charge in [0.05, 0.1) is 34.1 Å². The SMILES string of the molecule is N#Cc1ccc(-c2cnc3c(Nc4ccc(S(=O)(=O)N5CCCC5)cc4)cc(NC4CCC(N)CC4)nn23)cc1. The Balaban J connectivity index is 1.34. The van der Waals surface area contributed by atoms with Crippen LogP contribution in [0.5, 0.6) is 0 Å². The molecule has 2 aromatic heterocycles. The fourth-order valence-electron chi connectivity index (χ4n) is 5.46. The second-order valence-corrected chi connectivity index (χ2v) is 12.5. The molecule has 2 fully saturated rings. The van der Waals surface area contributed by atoms with E-state index in [-0.39, 0.29) is 12.1 Å². The molecule has 0 bridgehead atoms. The molecule has 1 saturated carbocycles. The first-order valence-corrected chi connectivity index (χ1v) is 15.1. The van der Waals surface area contributed by atoms with Crippen molar-refractivity contribution in [2.24, 2.45) is 5.73 Å². The van der Waals surface area contributed by atoms with E-state index >= 15 is 0 Å². The van der Waals surface area contributed by atoms with Crippen molar-refractivity contribution in [3.8, 4) is 17.3 Å². The third kappa shape index (κ3) is 5.25. The van der Waals surface area contributed by atoms with Crippen molar-refractivity contribution < 1.29 is 8.42 Å². The number of nitrogens with zero attached hydrogens (tertiary/aromatic N) is 5. The first-order chi connectivity index (χ1) is 19.4. The van der Waals surface area contributed by atoms with E-state index in [2.05, 4.69) is 21.7 Å². The monoisotopic (exact) mass is 556 g/mol. The second-order valence-electron chi connectivity index (χ2n) is 10.5. The van der Waals surface area contributed by atoms with Gasteiger partial charge in [0.2, 0.25) is 10.0 Å². The molecular formula is C29H32N8O2S. The van der Waals surface area contributed by atoms with Crippen molar-refractivity contribution in [1.82, 2.24) is 18.9 Å². The van der Waals surface area contributed by atoms with Gasteiger partial charge in [-0.2, -0.15) is 9.57 Å². The van der Waals surface area contributed by atoms with E-state index in [0.717, 1.165) is 61.2 Å². The van der Waals surface area contributed by atoms with Gasteiger partial charge in [-0.1, -0.05) is 12.1 Å². The van der Waals surface area contributed by atoms with Crippen LogP contribution in [-0.4, -0.2) is 52.5 Å². The number of hydrogen-bond acceptors (Lipinski definition) is 8. The Bertz CT molecular complexity index is 1650. The molecule has 0 unspecified atom stereocenters. The van der Waals surface area contributed by atoms with Gasteiger partial charge in [0.15, 0.2) is 5.65 Å². The fourth-order valence-corrected chi connectivity index (χ4v) is 6.98. The van der Waals surface area contributed by atoms with Crippen LogP contribution >= 0.6 is 0 Å². The molecule has 0 amide bonds. The molecule has 0 radical (unpaired) electrons. The van der Waals surface area contributed by atoms with Crippen LogP contribution in [0.25, 0.3) is 16.9 Å². The van der Waals surface area contributed by atoms with Gasteiger partial charge in [0, 0.05) is 42.5 Å². The second kappa shape index (κ2) is 10.9. The minimum absolute atomic E-state index is 0.250. The number of nitrogens with two attached hydrogens (primary N) is 1. The van der Waals surface area contributed by atoms with E-state index in [9.17, 15) is 13.7 Å². The third-order valence-electron chi connectivity index (χ3n) is 7.74. The van der Waals surface area contributed by atoms with Gasteiger partial charge < -0.3 is 16.4 Å². The van der Waals surface area contributed by atoms with E-state index in [0.29, 0.717) is 35.0 Å². The number of imidazole rings is 1. The highest BCUT2D eigenvalue weighted by atomic mass is 32.2. The molecule has 1 saturated heterocycles. The average Bonchev–Trinajstić information content (AvgIpc) is 3.66. The van der Waals surface area contributed by atoms with E-state index in [1.165, 1.54) is 0 Å². The quantitative estimate of drug-likeness (QED) is 0.303. The maximum atomic E-state index is 13.0. The van der Waals surface area contributed by atoms with Crippen molar-refractivity contribution in [3.63, 3.8) is 0 Å². The Hall–Kier alpha value is -3.98. The zero-order valence-electron chi connectivity index (χ0n) is 22.1. The van der Waals surface area contributed by atoms with E-state index in [1.807, 2.05) is 18.2 Å². The summed E-state index contributed by atoms with van der Waals surface area (Å²) in [6.07, 6.45) is 7.46. The number of rotatable bonds is 7. The molecule has 11 heteroatoms. The van der Waals surface area contributed by atoms with Crippen LogP contribution in [0.15, 0.2) is 65.7 Å². The molecule has 10 nitrogen and oxygen atoms in total. The highest BCUT2D eigenvalue weighted by Crippen LogP contribution is 2.30. The zero-order valence-corrected chi connectivity index (χ0v) is 22.9. The first kappa shape index (κ1) is 26.3. The third-order valence-corrected chi connectivity index (χ3v) is 9.65. The normalized spacial score (nSPS) is 19.9. The molecular weight excluding hydrogens is 524 g/mol. The molecule has 6 rings (SSSR count). The Morgan fingerprint density at radius 3 is 2.35 bits per heavy atom. The lowest BCUT2D eigenvalue weighted by atomic mass is 9.92. The van der Waals surface area contributed by atoms with Gasteiger partial charge in [-0.15, -0.1) is 5.10 Å². The van der Waals surface area contributed by atoms with Crippen LogP contribution in [0.4, 0.5) is 17.2 Å². The molecule has 2 aromatic carbocycles. The van der Waals surface area contributed by atoms with Crippen molar-refractivity contribution in [3.05, 3.63) is 66.4 Å². The Morgan fingerprint density at radius 1 is 0.975 bits per heavy atom. The topological polar surface area (TPSA) is 141 Å². The molecule has 4 N–H and O–H groups in total. The Morgan fingerprint density at radius 2 is 1.68 bits per heavy atom. The molecule has 0 spiro atoms. The van der Waals surface area contributed by atoms with Crippen LogP contribution in [0.3, 0.4) is 0 Å². The predicted molar refractivity (Wildman–Crippen MR) is 155 cm³/mol. The lowest BCUT2D eigenvalue weighted by molar-refractivity contribution is 0.410.